The SMILES string of the molecule is COc1cncc([C@@H](O)[C@@H](CN2CCCC2)NC(=O)CC2Cc3ccccc3C2)c1. The van der Waals surface area contributed by atoms with Gasteiger partial charge in [-0.2, -0.15) is 0 Å². The van der Waals surface area contributed by atoms with Crippen molar-refractivity contribution in [2.24, 2.45) is 5.92 Å². The lowest BCUT2D eigenvalue weighted by molar-refractivity contribution is -0.123. The number of carbonyl (C=O) groups is 1. The molecule has 6 nitrogen and oxygen atoms in total. The van der Waals surface area contributed by atoms with Crippen LogP contribution in [0.2, 0.25) is 0 Å². The van der Waals surface area contributed by atoms with Gasteiger partial charge in [-0.25, -0.2) is 0 Å². The summed E-state index contributed by atoms with van der Waals surface area (Å²) in [5.41, 5.74) is 3.37. The number of methoxy groups -OCH3 is 1. The van der Waals surface area contributed by atoms with Crippen molar-refractivity contribution in [2.45, 2.75) is 44.2 Å². The van der Waals surface area contributed by atoms with Crippen LogP contribution in [0.25, 0.3) is 0 Å². The van der Waals surface area contributed by atoms with E-state index >= 15 is 0 Å². The predicted molar refractivity (Wildman–Crippen MR) is 115 cm³/mol. The van der Waals surface area contributed by atoms with Gasteiger partial charge in [-0.3, -0.25) is 9.78 Å². The first kappa shape index (κ1) is 20.8. The highest BCUT2D eigenvalue weighted by atomic mass is 16.5. The molecule has 2 aliphatic rings. The maximum absolute atomic E-state index is 12.9. The number of fused-ring (bicyclic) bond motifs is 1. The number of pyridine rings is 1. The van der Waals surface area contributed by atoms with Crippen LogP contribution in [-0.4, -0.2) is 53.7 Å². The summed E-state index contributed by atoms with van der Waals surface area (Å²) >= 11 is 0. The van der Waals surface area contributed by atoms with Gasteiger partial charge in [0.15, 0.2) is 0 Å². The number of likely N-dealkylation sites (tertiary alicyclic amines) is 1. The molecule has 160 valence electrons. The van der Waals surface area contributed by atoms with Gasteiger partial charge >= 0.3 is 0 Å². The van der Waals surface area contributed by atoms with Gasteiger partial charge in [0, 0.05) is 24.7 Å². The number of aliphatic hydroxyl groups is 1. The monoisotopic (exact) mass is 409 g/mol. The lowest BCUT2D eigenvalue weighted by Gasteiger charge is -2.29. The lowest BCUT2D eigenvalue weighted by Crippen LogP contribution is -2.47. The number of aromatic nitrogens is 1. The van der Waals surface area contributed by atoms with Crippen LogP contribution < -0.4 is 10.1 Å². The standard InChI is InChI=1S/C24H31N3O3/c1-30-21-13-20(14-25-15-21)24(29)22(16-27-8-4-5-9-27)26-23(28)12-17-10-18-6-2-3-7-19(18)11-17/h2-3,6-7,13-15,17,22,24,29H,4-5,8-12,16H2,1H3,(H,26,28)/t22-,24-/m1/s1. The van der Waals surface area contributed by atoms with E-state index in [2.05, 4.69) is 39.5 Å². The Kier molecular flexibility index (Phi) is 6.65. The van der Waals surface area contributed by atoms with Gasteiger partial charge in [0.25, 0.3) is 0 Å². The van der Waals surface area contributed by atoms with Crippen LogP contribution in [0.3, 0.4) is 0 Å². The Bertz CT molecular complexity index is 841. The van der Waals surface area contributed by atoms with Crippen LogP contribution in [0.1, 0.15) is 42.1 Å². The zero-order valence-electron chi connectivity index (χ0n) is 17.6. The molecular weight excluding hydrogens is 378 g/mol. The molecule has 2 aromatic rings. The fraction of sp³-hybridized carbons (Fsp3) is 0.500. The van der Waals surface area contributed by atoms with Gasteiger partial charge in [-0.05, 0) is 61.9 Å². The van der Waals surface area contributed by atoms with E-state index in [0.29, 0.717) is 30.2 Å². The molecular formula is C24H31N3O3. The highest BCUT2D eigenvalue weighted by Gasteiger charge is 2.29. The lowest BCUT2D eigenvalue weighted by atomic mass is 9.99. The number of benzene rings is 1. The molecule has 4 rings (SSSR count). The van der Waals surface area contributed by atoms with Crippen molar-refractivity contribution in [3.63, 3.8) is 0 Å². The number of nitrogens with one attached hydrogen (secondary N) is 1. The van der Waals surface area contributed by atoms with E-state index in [1.807, 2.05) is 0 Å². The van der Waals surface area contributed by atoms with E-state index < -0.39 is 6.10 Å². The van der Waals surface area contributed by atoms with Crippen LogP contribution in [0, 0.1) is 5.92 Å². The summed E-state index contributed by atoms with van der Waals surface area (Å²) in [7, 11) is 1.58. The molecule has 2 heterocycles. The molecule has 2 N–H and O–H groups in total. The van der Waals surface area contributed by atoms with E-state index in [1.54, 1.807) is 25.6 Å². The van der Waals surface area contributed by atoms with Crippen LogP contribution in [-0.2, 0) is 17.6 Å². The zero-order valence-corrected chi connectivity index (χ0v) is 17.6. The topological polar surface area (TPSA) is 74.7 Å². The number of aliphatic hydroxyl groups excluding tert-OH is 1. The molecule has 1 aliphatic heterocycles. The summed E-state index contributed by atoms with van der Waals surface area (Å²) in [5.74, 6) is 0.930. The van der Waals surface area contributed by atoms with E-state index in [9.17, 15) is 9.90 Å². The molecule has 30 heavy (non-hydrogen) atoms. The van der Waals surface area contributed by atoms with Crippen molar-refractivity contribution in [2.75, 3.05) is 26.7 Å². The molecule has 0 spiro atoms. The number of hydrogen-bond acceptors (Lipinski definition) is 5. The number of carbonyl (C=O) groups excluding carboxylic acids is 1. The molecule has 1 aliphatic carbocycles. The molecule has 1 saturated heterocycles. The van der Waals surface area contributed by atoms with Crippen molar-refractivity contribution < 1.29 is 14.6 Å². The first-order valence-electron chi connectivity index (χ1n) is 10.9. The molecule has 2 atom stereocenters. The highest BCUT2D eigenvalue weighted by Crippen LogP contribution is 2.29. The molecule has 0 saturated carbocycles. The van der Waals surface area contributed by atoms with Crippen LogP contribution in [0.5, 0.6) is 5.75 Å². The van der Waals surface area contributed by atoms with Crippen molar-refractivity contribution in [3.05, 3.63) is 59.4 Å². The predicted octanol–water partition coefficient (Wildman–Crippen LogP) is 2.51. The van der Waals surface area contributed by atoms with Crippen molar-refractivity contribution in [1.82, 2.24) is 15.2 Å². The van der Waals surface area contributed by atoms with E-state index in [0.717, 1.165) is 38.8 Å². The second kappa shape index (κ2) is 9.58. The average molecular weight is 410 g/mol. The highest BCUT2D eigenvalue weighted by molar-refractivity contribution is 5.77. The Balaban J connectivity index is 1.42. The van der Waals surface area contributed by atoms with E-state index in [-0.39, 0.29) is 11.9 Å². The minimum Gasteiger partial charge on any atom is -0.495 e. The second-order valence-corrected chi connectivity index (χ2v) is 8.53. The number of rotatable bonds is 8. The first-order valence-corrected chi connectivity index (χ1v) is 10.9. The molecule has 0 radical (unpaired) electrons. The van der Waals surface area contributed by atoms with Gasteiger partial charge in [0.2, 0.25) is 5.91 Å². The summed E-state index contributed by atoms with van der Waals surface area (Å²) in [6.45, 7) is 2.65. The van der Waals surface area contributed by atoms with Gasteiger partial charge in [-0.15, -0.1) is 0 Å². The van der Waals surface area contributed by atoms with E-state index in [1.165, 1.54) is 11.1 Å². The third-order valence-electron chi connectivity index (χ3n) is 6.30. The Morgan fingerprint density at radius 1 is 1.23 bits per heavy atom. The van der Waals surface area contributed by atoms with Gasteiger partial charge in [-0.1, -0.05) is 24.3 Å². The minimum atomic E-state index is -0.835. The molecule has 0 bridgehead atoms. The third-order valence-corrected chi connectivity index (χ3v) is 6.30. The minimum absolute atomic E-state index is 0.00640. The molecule has 1 fully saturated rings. The van der Waals surface area contributed by atoms with Gasteiger partial charge in [0.05, 0.1) is 19.3 Å². The average Bonchev–Trinajstić information content (AvgIpc) is 3.41. The second-order valence-electron chi connectivity index (χ2n) is 8.53. The molecule has 0 unspecified atom stereocenters. The quantitative estimate of drug-likeness (QED) is 0.701. The molecule has 1 aromatic carbocycles. The number of ether oxygens (including phenoxy) is 1. The maximum atomic E-state index is 12.9. The van der Waals surface area contributed by atoms with Gasteiger partial charge in [0.1, 0.15) is 11.9 Å². The summed E-state index contributed by atoms with van der Waals surface area (Å²) in [4.78, 5) is 19.4. The molecule has 6 heteroatoms. The Morgan fingerprint density at radius 2 is 1.93 bits per heavy atom. The van der Waals surface area contributed by atoms with Crippen LogP contribution in [0.15, 0.2) is 42.7 Å². The number of hydrogen-bond donors (Lipinski definition) is 2. The third kappa shape index (κ3) is 4.99. The summed E-state index contributed by atoms with van der Waals surface area (Å²) in [6.07, 6.45) is 7.12. The fourth-order valence-electron chi connectivity index (χ4n) is 4.73. The summed E-state index contributed by atoms with van der Waals surface area (Å²) in [5, 5.41) is 14.2. The Morgan fingerprint density at radius 3 is 2.60 bits per heavy atom. The smallest absolute Gasteiger partial charge is 0.220 e. The Hall–Kier alpha value is -2.44. The van der Waals surface area contributed by atoms with E-state index in [4.69, 9.17) is 4.74 Å². The van der Waals surface area contributed by atoms with Crippen molar-refractivity contribution >= 4 is 5.91 Å². The maximum Gasteiger partial charge on any atom is 0.220 e. The fourth-order valence-corrected chi connectivity index (χ4v) is 4.73. The first-order chi connectivity index (χ1) is 14.6. The Labute approximate surface area is 178 Å². The summed E-state index contributed by atoms with van der Waals surface area (Å²) < 4.78 is 5.25. The molecule has 1 aromatic heterocycles. The zero-order chi connectivity index (χ0) is 20.9. The summed E-state index contributed by atoms with van der Waals surface area (Å²) in [6, 6.07) is 9.84. The van der Waals surface area contributed by atoms with Gasteiger partial charge < -0.3 is 20.1 Å². The normalized spacial score (nSPS) is 18.7. The van der Waals surface area contributed by atoms with Crippen molar-refractivity contribution in [1.29, 1.82) is 0 Å². The number of amides is 1. The largest absolute Gasteiger partial charge is 0.495 e. The van der Waals surface area contributed by atoms with Crippen LogP contribution in [0.4, 0.5) is 0 Å². The molecule has 1 amide bonds. The van der Waals surface area contributed by atoms with Crippen molar-refractivity contribution in [3.8, 4) is 5.75 Å². The van der Waals surface area contributed by atoms with Crippen LogP contribution >= 0.6 is 0 Å². The number of nitrogens with zero attached hydrogens (tertiary/aromatic N) is 2.